The second-order valence-corrected chi connectivity index (χ2v) is 3.88. The summed E-state index contributed by atoms with van der Waals surface area (Å²) in [6.45, 7) is 2.12. The highest BCUT2D eigenvalue weighted by atomic mass is 16.1. The number of hydrogen-bond donors (Lipinski definition) is 0. The fourth-order valence-corrected chi connectivity index (χ4v) is 2.33. The SMILES string of the molecule is CC12CCC=C1CCCC2=O. The number of carbonyl (C=O) groups is 1. The third-order valence-electron chi connectivity index (χ3n) is 3.21. The van der Waals surface area contributed by atoms with E-state index < -0.39 is 0 Å². The van der Waals surface area contributed by atoms with E-state index >= 15 is 0 Å². The third-order valence-corrected chi connectivity index (χ3v) is 3.21. The molecule has 0 aliphatic heterocycles. The highest BCUT2D eigenvalue weighted by molar-refractivity contribution is 5.89. The summed E-state index contributed by atoms with van der Waals surface area (Å²) in [5.41, 5.74) is 1.40. The number of fused-ring (bicyclic) bond motifs is 1. The van der Waals surface area contributed by atoms with Gasteiger partial charge in [0.05, 0.1) is 0 Å². The maximum atomic E-state index is 11.6. The summed E-state index contributed by atoms with van der Waals surface area (Å²) in [4.78, 5) is 11.6. The predicted octanol–water partition coefficient (Wildman–Crippen LogP) is 2.47. The molecular weight excluding hydrogens is 136 g/mol. The molecule has 60 valence electrons. The molecule has 0 heterocycles. The van der Waals surface area contributed by atoms with Crippen molar-refractivity contribution >= 4 is 5.78 Å². The molecule has 2 aliphatic carbocycles. The molecule has 1 heteroatoms. The van der Waals surface area contributed by atoms with Crippen LogP contribution in [0.5, 0.6) is 0 Å². The van der Waals surface area contributed by atoms with Gasteiger partial charge in [0.2, 0.25) is 0 Å². The van der Waals surface area contributed by atoms with E-state index in [1.165, 1.54) is 12.0 Å². The van der Waals surface area contributed by atoms with Crippen LogP contribution in [0, 0.1) is 5.41 Å². The first-order chi connectivity index (χ1) is 5.23. The first kappa shape index (κ1) is 7.08. The molecule has 0 aromatic carbocycles. The van der Waals surface area contributed by atoms with Crippen LogP contribution in [0.3, 0.4) is 0 Å². The van der Waals surface area contributed by atoms with Gasteiger partial charge in [-0.25, -0.2) is 0 Å². The minimum absolute atomic E-state index is 0.0295. The van der Waals surface area contributed by atoms with Gasteiger partial charge >= 0.3 is 0 Å². The van der Waals surface area contributed by atoms with E-state index in [4.69, 9.17) is 0 Å². The Labute approximate surface area is 67.5 Å². The normalized spacial score (nSPS) is 36.8. The van der Waals surface area contributed by atoms with E-state index in [1.54, 1.807) is 0 Å². The molecule has 0 radical (unpaired) electrons. The van der Waals surface area contributed by atoms with Crippen LogP contribution in [0.4, 0.5) is 0 Å². The van der Waals surface area contributed by atoms with E-state index in [-0.39, 0.29) is 5.41 Å². The van der Waals surface area contributed by atoms with Gasteiger partial charge in [0.15, 0.2) is 0 Å². The average molecular weight is 150 g/mol. The van der Waals surface area contributed by atoms with Crippen LogP contribution in [0.15, 0.2) is 11.6 Å². The zero-order chi connectivity index (χ0) is 7.90. The molecule has 0 saturated heterocycles. The maximum Gasteiger partial charge on any atom is 0.142 e. The van der Waals surface area contributed by atoms with E-state index in [1.807, 2.05) is 0 Å². The number of hydrogen-bond acceptors (Lipinski definition) is 1. The van der Waals surface area contributed by atoms with Crippen molar-refractivity contribution in [1.82, 2.24) is 0 Å². The van der Waals surface area contributed by atoms with Crippen LogP contribution < -0.4 is 0 Å². The van der Waals surface area contributed by atoms with Gasteiger partial charge in [0, 0.05) is 11.8 Å². The van der Waals surface area contributed by atoms with Crippen molar-refractivity contribution in [3.05, 3.63) is 11.6 Å². The largest absolute Gasteiger partial charge is 0.299 e. The summed E-state index contributed by atoms with van der Waals surface area (Å²) in [6.07, 6.45) is 7.53. The predicted molar refractivity (Wildman–Crippen MR) is 44.3 cm³/mol. The molecule has 0 aromatic heterocycles. The maximum absolute atomic E-state index is 11.6. The molecule has 1 fully saturated rings. The highest BCUT2D eigenvalue weighted by Gasteiger charge is 2.40. The first-order valence-electron chi connectivity index (χ1n) is 4.46. The van der Waals surface area contributed by atoms with Gasteiger partial charge in [-0.2, -0.15) is 0 Å². The Hall–Kier alpha value is -0.590. The number of ketones is 1. The molecule has 1 atom stereocenters. The van der Waals surface area contributed by atoms with Gasteiger partial charge in [-0.15, -0.1) is 0 Å². The molecule has 1 nitrogen and oxygen atoms in total. The number of allylic oxidation sites excluding steroid dienone is 2. The van der Waals surface area contributed by atoms with Crippen molar-refractivity contribution in [2.45, 2.75) is 39.0 Å². The van der Waals surface area contributed by atoms with E-state index in [9.17, 15) is 4.79 Å². The molecule has 0 aromatic rings. The lowest BCUT2D eigenvalue weighted by molar-refractivity contribution is -0.127. The molecule has 0 amide bonds. The fraction of sp³-hybridized carbons (Fsp3) is 0.700. The van der Waals surface area contributed by atoms with Crippen molar-refractivity contribution in [2.24, 2.45) is 5.41 Å². The molecule has 2 aliphatic rings. The Morgan fingerprint density at radius 2 is 2.27 bits per heavy atom. The zero-order valence-corrected chi connectivity index (χ0v) is 7.02. The fourth-order valence-electron chi connectivity index (χ4n) is 2.33. The van der Waals surface area contributed by atoms with Crippen LogP contribution in [0.2, 0.25) is 0 Å². The molecule has 11 heavy (non-hydrogen) atoms. The molecule has 0 spiro atoms. The molecule has 1 saturated carbocycles. The zero-order valence-electron chi connectivity index (χ0n) is 7.02. The highest BCUT2D eigenvalue weighted by Crippen LogP contribution is 2.45. The van der Waals surface area contributed by atoms with Crippen LogP contribution in [-0.2, 0) is 4.79 Å². The average Bonchev–Trinajstić information content (AvgIpc) is 2.34. The van der Waals surface area contributed by atoms with Crippen LogP contribution >= 0.6 is 0 Å². The Morgan fingerprint density at radius 1 is 1.45 bits per heavy atom. The summed E-state index contributed by atoms with van der Waals surface area (Å²) in [7, 11) is 0. The van der Waals surface area contributed by atoms with Crippen molar-refractivity contribution < 1.29 is 4.79 Å². The van der Waals surface area contributed by atoms with Gasteiger partial charge < -0.3 is 0 Å². The Balaban J connectivity index is 2.34. The van der Waals surface area contributed by atoms with Crippen LogP contribution in [0.25, 0.3) is 0 Å². The lowest BCUT2D eigenvalue weighted by Gasteiger charge is -2.30. The van der Waals surface area contributed by atoms with E-state index in [2.05, 4.69) is 13.0 Å². The molecule has 0 bridgehead atoms. The van der Waals surface area contributed by atoms with Gasteiger partial charge in [0.1, 0.15) is 5.78 Å². The molecule has 1 unspecified atom stereocenters. The molecule has 2 rings (SSSR count). The van der Waals surface area contributed by atoms with Crippen molar-refractivity contribution in [3.63, 3.8) is 0 Å². The van der Waals surface area contributed by atoms with Crippen molar-refractivity contribution in [2.75, 3.05) is 0 Å². The van der Waals surface area contributed by atoms with E-state index in [0.717, 1.165) is 25.7 Å². The second-order valence-electron chi connectivity index (χ2n) is 3.88. The summed E-state index contributed by atoms with van der Waals surface area (Å²) >= 11 is 0. The van der Waals surface area contributed by atoms with E-state index in [0.29, 0.717) is 5.78 Å². The lowest BCUT2D eigenvalue weighted by atomic mass is 9.72. The standard InChI is InChI=1S/C10H14O/c1-10-7-3-5-8(10)4-2-6-9(10)11/h5H,2-4,6-7H2,1H3. The van der Waals surface area contributed by atoms with Gasteiger partial charge in [0.25, 0.3) is 0 Å². The third kappa shape index (κ3) is 0.867. The Kier molecular flexibility index (Phi) is 1.41. The van der Waals surface area contributed by atoms with Crippen LogP contribution in [0.1, 0.15) is 39.0 Å². The Bertz CT molecular complexity index is 227. The number of carbonyl (C=O) groups excluding carboxylic acids is 1. The monoisotopic (exact) mass is 150 g/mol. The first-order valence-corrected chi connectivity index (χ1v) is 4.46. The molecular formula is C10H14O. The topological polar surface area (TPSA) is 17.1 Å². The number of rotatable bonds is 0. The summed E-state index contributed by atoms with van der Waals surface area (Å²) in [5, 5.41) is 0. The summed E-state index contributed by atoms with van der Waals surface area (Å²) in [5.74, 6) is 0.479. The molecule has 0 N–H and O–H groups in total. The smallest absolute Gasteiger partial charge is 0.142 e. The van der Waals surface area contributed by atoms with Crippen molar-refractivity contribution in [3.8, 4) is 0 Å². The van der Waals surface area contributed by atoms with Crippen molar-refractivity contribution in [1.29, 1.82) is 0 Å². The van der Waals surface area contributed by atoms with Gasteiger partial charge in [-0.1, -0.05) is 11.6 Å². The summed E-state index contributed by atoms with van der Waals surface area (Å²) in [6, 6.07) is 0. The number of Topliss-reactive ketones (excluding diaryl/α,β-unsaturated/α-hetero) is 1. The summed E-state index contributed by atoms with van der Waals surface area (Å²) < 4.78 is 0. The quantitative estimate of drug-likeness (QED) is 0.485. The minimum Gasteiger partial charge on any atom is -0.299 e. The van der Waals surface area contributed by atoms with Gasteiger partial charge in [-0.05, 0) is 32.6 Å². The lowest BCUT2D eigenvalue weighted by Crippen LogP contribution is -2.30. The second kappa shape index (κ2) is 2.20. The minimum atomic E-state index is -0.0295. The van der Waals surface area contributed by atoms with Gasteiger partial charge in [-0.3, -0.25) is 4.79 Å². The van der Waals surface area contributed by atoms with Crippen LogP contribution in [-0.4, -0.2) is 5.78 Å². The Morgan fingerprint density at radius 3 is 3.00 bits per heavy atom.